The number of nitrogens with zero attached hydrogens (tertiary/aromatic N) is 1. The molecule has 5 nitrogen and oxygen atoms in total. The third kappa shape index (κ3) is 2.88. The summed E-state index contributed by atoms with van der Waals surface area (Å²) in [5.41, 5.74) is 7.03. The van der Waals surface area contributed by atoms with E-state index in [0.29, 0.717) is 11.3 Å². The van der Waals surface area contributed by atoms with E-state index in [1.165, 1.54) is 0 Å². The summed E-state index contributed by atoms with van der Waals surface area (Å²) >= 11 is 0. The quantitative estimate of drug-likeness (QED) is 0.796. The van der Waals surface area contributed by atoms with Gasteiger partial charge in [-0.15, -0.1) is 0 Å². The highest BCUT2D eigenvalue weighted by molar-refractivity contribution is 5.79. The molecule has 0 aliphatic heterocycles. The van der Waals surface area contributed by atoms with Crippen LogP contribution in [0.5, 0.6) is 5.75 Å². The first-order chi connectivity index (χ1) is 8.01. The summed E-state index contributed by atoms with van der Waals surface area (Å²) in [6, 6.07) is 5.36. The van der Waals surface area contributed by atoms with E-state index < -0.39 is 11.9 Å². The van der Waals surface area contributed by atoms with Crippen molar-refractivity contribution in [2.45, 2.75) is 5.92 Å². The number of carboxylic acid groups (broad SMARTS) is 1. The Labute approximate surface area is 101 Å². The fourth-order valence-corrected chi connectivity index (χ4v) is 1.71. The zero-order valence-corrected chi connectivity index (χ0v) is 10.3. The van der Waals surface area contributed by atoms with E-state index in [9.17, 15) is 4.79 Å². The molecule has 0 fully saturated rings. The van der Waals surface area contributed by atoms with Crippen molar-refractivity contribution in [2.24, 2.45) is 5.73 Å². The Morgan fingerprint density at radius 2 is 2.18 bits per heavy atom. The summed E-state index contributed by atoms with van der Waals surface area (Å²) in [7, 11) is 5.27. The predicted molar refractivity (Wildman–Crippen MR) is 66.8 cm³/mol. The number of carboxylic acids is 1. The monoisotopic (exact) mass is 238 g/mol. The zero-order chi connectivity index (χ0) is 13.0. The molecule has 0 aromatic heterocycles. The molecule has 1 unspecified atom stereocenters. The SMILES string of the molecule is COc1ccc(N(C)C)c(C(CN)C(=O)O)c1. The van der Waals surface area contributed by atoms with Crippen LogP contribution in [-0.2, 0) is 4.79 Å². The van der Waals surface area contributed by atoms with Crippen molar-refractivity contribution in [1.82, 2.24) is 0 Å². The number of hydrogen-bond acceptors (Lipinski definition) is 4. The van der Waals surface area contributed by atoms with Crippen LogP contribution in [0.2, 0.25) is 0 Å². The molecule has 3 N–H and O–H groups in total. The van der Waals surface area contributed by atoms with Crippen LogP contribution < -0.4 is 15.4 Å². The second kappa shape index (κ2) is 5.54. The summed E-state index contributed by atoms with van der Waals surface area (Å²) in [6.45, 7) is 0.0589. The molecule has 0 aliphatic carbocycles. The molecule has 0 saturated heterocycles. The van der Waals surface area contributed by atoms with Gasteiger partial charge in [0.15, 0.2) is 0 Å². The van der Waals surface area contributed by atoms with Gasteiger partial charge in [-0.3, -0.25) is 4.79 Å². The molecule has 0 heterocycles. The minimum Gasteiger partial charge on any atom is -0.497 e. The molecule has 5 heteroatoms. The summed E-state index contributed by atoms with van der Waals surface area (Å²) in [6.07, 6.45) is 0. The summed E-state index contributed by atoms with van der Waals surface area (Å²) in [4.78, 5) is 13.0. The van der Waals surface area contributed by atoms with Gasteiger partial charge in [0.2, 0.25) is 0 Å². The lowest BCUT2D eigenvalue weighted by Gasteiger charge is -2.21. The Hall–Kier alpha value is -1.75. The van der Waals surface area contributed by atoms with Crippen LogP contribution in [0.25, 0.3) is 0 Å². The van der Waals surface area contributed by atoms with E-state index >= 15 is 0 Å². The van der Waals surface area contributed by atoms with Gasteiger partial charge in [0, 0.05) is 26.3 Å². The number of aliphatic carboxylic acids is 1. The van der Waals surface area contributed by atoms with Crippen molar-refractivity contribution >= 4 is 11.7 Å². The van der Waals surface area contributed by atoms with Crippen molar-refractivity contribution < 1.29 is 14.6 Å². The van der Waals surface area contributed by atoms with Crippen molar-refractivity contribution in [3.8, 4) is 5.75 Å². The van der Waals surface area contributed by atoms with Crippen molar-refractivity contribution in [3.05, 3.63) is 23.8 Å². The minimum absolute atomic E-state index is 0.0589. The van der Waals surface area contributed by atoms with Gasteiger partial charge in [0.1, 0.15) is 5.75 Å². The topological polar surface area (TPSA) is 75.8 Å². The lowest BCUT2D eigenvalue weighted by atomic mass is 9.96. The average Bonchev–Trinajstić information content (AvgIpc) is 2.29. The maximum Gasteiger partial charge on any atom is 0.312 e. The van der Waals surface area contributed by atoms with E-state index in [1.807, 2.05) is 25.1 Å². The third-order valence-electron chi connectivity index (χ3n) is 2.63. The molecule has 94 valence electrons. The van der Waals surface area contributed by atoms with E-state index in [-0.39, 0.29) is 6.54 Å². The second-order valence-corrected chi connectivity index (χ2v) is 3.95. The Kier molecular flexibility index (Phi) is 4.34. The number of hydrogen-bond donors (Lipinski definition) is 2. The van der Waals surface area contributed by atoms with Crippen LogP contribution in [-0.4, -0.2) is 38.8 Å². The van der Waals surface area contributed by atoms with Gasteiger partial charge in [-0.2, -0.15) is 0 Å². The van der Waals surface area contributed by atoms with Crippen LogP contribution >= 0.6 is 0 Å². The Bertz CT molecular complexity index is 405. The molecule has 1 rings (SSSR count). The van der Waals surface area contributed by atoms with Crippen molar-refractivity contribution in [1.29, 1.82) is 0 Å². The highest BCUT2D eigenvalue weighted by atomic mass is 16.5. The van der Waals surface area contributed by atoms with E-state index in [1.54, 1.807) is 19.2 Å². The molecule has 0 aliphatic rings. The van der Waals surface area contributed by atoms with E-state index in [2.05, 4.69) is 0 Å². The van der Waals surface area contributed by atoms with Gasteiger partial charge in [-0.25, -0.2) is 0 Å². The lowest BCUT2D eigenvalue weighted by Crippen LogP contribution is -2.24. The number of carbonyl (C=O) groups is 1. The minimum atomic E-state index is -0.927. The van der Waals surface area contributed by atoms with Gasteiger partial charge in [-0.1, -0.05) is 0 Å². The number of nitrogens with two attached hydrogens (primary N) is 1. The fraction of sp³-hybridized carbons (Fsp3) is 0.417. The molecule has 0 radical (unpaired) electrons. The second-order valence-electron chi connectivity index (χ2n) is 3.95. The molecular formula is C12H18N2O3. The number of anilines is 1. The molecule has 1 aromatic rings. The third-order valence-corrected chi connectivity index (χ3v) is 2.63. The van der Waals surface area contributed by atoms with Crippen LogP contribution in [0.1, 0.15) is 11.5 Å². The lowest BCUT2D eigenvalue weighted by molar-refractivity contribution is -0.138. The Morgan fingerprint density at radius 1 is 1.53 bits per heavy atom. The van der Waals surface area contributed by atoms with Gasteiger partial charge < -0.3 is 20.5 Å². The first-order valence-corrected chi connectivity index (χ1v) is 5.29. The molecule has 0 amide bonds. The van der Waals surface area contributed by atoms with Crippen molar-refractivity contribution in [3.63, 3.8) is 0 Å². The van der Waals surface area contributed by atoms with Crippen LogP contribution in [0.3, 0.4) is 0 Å². The molecule has 0 bridgehead atoms. The summed E-state index contributed by atoms with van der Waals surface area (Å²) in [5, 5.41) is 9.16. The van der Waals surface area contributed by atoms with Crippen molar-refractivity contribution in [2.75, 3.05) is 32.6 Å². The first kappa shape index (κ1) is 13.3. The Balaban J connectivity index is 3.29. The normalized spacial score (nSPS) is 12.0. The van der Waals surface area contributed by atoms with Gasteiger partial charge >= 0.3 is 5.97 Å². The average molecular weight is 238 g/mol. The fourth-order valence-electron chi connectivity index (χ4n) is 1.71. The highest BCUT2D eigenvalue weighted by Crippen LogP contribution is 2.30. The molecule has 1 atom stereocenters. The Morgan fingerprint density at radius 3 is 2.59 bits per heavy atom. The number of benzene rings is 1. The van der Waals surface area contributed by atoms with Crippen LogP contribution in [0.15, 0.2) is 18.2 Å². The smallest absolute Gasteiger partial charge is 0.312 e. The number of methoxy groups -OCH3 is 1. The van der Waals surface area contributed by atoms with Crippen LogP contribution in [0.4, 0.5) is 5.69 Å². The summed E-state index contributed by atoms with van der Waals surface area (Å²) < 4.78 is 5.11. The highest BCUT2D eigenvalue weighted by Gasteiger charge is 2.22. The first-order valence-electron chi connectivity index (χ1n) is 5.29. The number of rotatable bonds is 5. The molecule has 1 aromatic carbocycles. The molecule has 17 heavy (non-hydrogen) atoms. The van der Waals surface area contributed by atoms with E-state index in [0.717, 1.165) is 5.69 Å². The molecule has 0 spiro atoms. The van der Waals surface area contributed by atoms with Crippen LogP contribution in [0, 0.1) is 0 Å². The zero-order valence-electron chi connectivity index (χ0n) is 10.3. The summed E-state index contributed by atoms with van der Waals surface area (Å²) in [5.74, 6) is -1.02. The number of ether oxygens (including phenoxy) is 1. The standard InChI is InChI=1S/C12H18N2O3/c1-14(2)11-5-4-8(17-3)6-9(11)10(7-13)12(15)16/h4-6,10H,7,13H2,1-3H3,(H,15,16). The predicted octanol–water partition coefficient (Wildman–Crippen LogP) is 0.888. The maximum absolute atomic E-state index is 11.2. The van der Waals surface area contributed by atoms with Gasteiger partial charge in [-0.05, 0) is 23.8 Å². The largest absolute Gasteiger partial charge is 0.497 e. The van der Waals surface area contributed by atoms with Gasteiger partial charge in [0.05, 0.1) is 13.0 Å². The molecular weight excluding hydrogens is 220 g/mol. The van der Waals surface area contributed by atoms with E-state index in [4.69, 9.17) is 15.6 Å². The van der Waals surface area contributed by atoms with Gasteiger partial charge in [0.25, 0.3) is 0 Å². The maximum atomic E-state index is 11.2. The molecule has 0 saturated carbocycles.